The average molecular weight is 351 g/mol. The Labute approximate surface area is 150 Å². The van der Waals surface area contributed by atoms with Gasteiger partial charge in [-0.25, -0.2) is 0 Å². The van der Waals surface area contributed by atoms with Gasteiger partial charge in [0.05, 0.1) is 12.8 Å². The van der Waals surface area contributed by atoms with Crippen molar-refractivity contribution < 1.29 is 24.1 Å². The Morgan fingerprint density at radius 1 is 1.12 bits per heavy atom. The first-order chi connectivity index (χ1) is 12.6. The lowest BCUT2D eigenvalue weighted by atomic mass is 9.97. The Hall–Kier alpha value is -3.41. The second kappa shape index (κ2) is 6.15. The third-order valence-electron chi connectivity index (χ3n) is 4.49. The Morgan fingerprint density at radius 2 is 1.88 bits per heavy atom. The number of benzene rings is 3. The van der Waals surface area contributed by atoms with Gasteiger partial charge in [0.1, 0.15) is 0 Å². The van der Waals surface area contributed by atoms with Crippen molar-refractivity contribution in [2.24, 2.45) is 0 Å². The minimum Gasteiger partial charge on any atom is -0.504 e. The first kappa shape index (κ1) is 16.1. The van der Waals surface area contributed by atoms with E-state index in [9.17, 15) is 9.90 Å². The topological polar surface area (TPSA) is 68.2 Å². The van der Waals surface area contributed by atoms with E-state index in [1.807, 2.05) is 30.3 Å². The minimum absolute atomic E-state index is 0.0375. The monoisotopic (exact) mass is 351 g/mol. The molecule has 0 saturated carbocycles. The summed E-state index contributed by atoms with van der Waals surface area (Å²) in [5.74, 6) is 1.76. The van der Waals surface area contributed by atoms with Crippen LogP contribution in [0.25, 0.3) is 21.9 Å². The Morgan fingerprint density at radius 3 is 2.58 bits per heavy atom. The van der Waals surface area contributed by atoms with Gasteiger partial charge < -0.3 is 24.2 Å². The number of aromatic hydroxyl groups is 1. The highest BCUT2D eigenvalue weighted by molar-refractivity contribution is 6.06. The van der Waals surface area contributed by atoms with Crippen molar-refractivity contribution in [1.82, 2.24) is 0 Å². The second-order valence-corrected chi connectivity index (χ2v) is 5.99. The fourth-order valence-electron chi connectivity index (χ4n) is 3.22. The van der Waals surface area contributed by atoms with Gasteiger partial charge >= 0.3 is 0 Å². The number of fused-ring (bicyclic) bond motifs is 2. The number of methoxy groups -OCH3 is 1. The first-order valence-corrected chi connectivity index (χ1v) is 8.04. The summed E-state index contributed by atoms with van der Waals surface area (Å²) < 4.78 is 16.0. The van der Waals surface area contributed by atoms with Crippen molar-refractivity contribution in [3.8, 4) is 34.1 Å². The molecule has 0 atom stereocenters. The van der Waals surface area contributed by atoms with Gasteiger partial charge in [0.15, 0.2) is 23.0 Å². The number of carbonyl (C=O) groups is 1. The van der Waals surface area contributed by atoms with Crippen molar-refractivity contribution in [2.75, 3.05) is 25.9 Å². The van der Waals surface area contributed by atoms with Crippen LogP contribution in [-0.4, -0.2) is 32.5 Å². The highest BCUT2D eigenvalue weighted by Crippen LogP contribution is 2.44. The minimum atomic E-state index is 0.0375. The molecule has 0 bridgehead atoms. The molecule has 1 aliphatic rings. The SMILES string of the molecule is COc1ccc(-c2ccc3cc4c(cc3c2N(C)C=O)OCO4)cc1O. The number of carbonyl (C=O) groups excluding carboxylic acids is 1. The summed E-state index contributed by atoms with van der Waals surface area (Å²) in [6.07, 6.45) is 0.756. The quantitative estimate of drug-likeness (QED) is 0.728. The largest absolute Gasteiger partial charge is 0.504 e. The lowest BCUT2D eigenvalue weighted by molar-refractivity contribution is -0.107. The number of phenols is 1. The van der Waals surface area contributed by atoms with E-state index >= 15 is 0 Å². The second-order valence-electron chi connectivity index (χ2n) is 5.99. The number of phenolic OH excluding ortho intramolecular Hbond substituents is 1. The van der Waals surface area contributed by atoms with E-state index in [0.29, 0.717) is 17.2 Å². The van der Waals surface area contributed by atoms with Gasteiger partial charge in [-0.15, -0.1) is 0 Å². The summed E-state index contributed by atoms with van der Waals surface area (Å²) in [6.45, 7) is 0.184. The molecule has 132 valence electrons. The van der Waals surface area contributed by atoms with E-state index in [1.54, 1.807) is 19.2 Å². The first-order valence-electron chi connectivity index (χ1n) is 8.04. The molecule has 1 amide bonds. The molecule has 0 spiro atoms. The number of ether oxygens (including phenoxy) is 3. The summed E-state index contributed by atoms with van der Waals surface area (Å²) in [5, 5.41) is 11.9. The lowest BCUT2D eigenvalue weighted by Crippen LogP contribution is -2.15. The van der Waals surface area contributed by atoms with E-state index in [4.69, 9.17) is 14.2 Å². The van der Waals surface area contributed by atoms with Crippen LogP contribution < -0.4 is 19.1 Å². The van der Waals surface area contributed by atoms with E-state index < -0.39 is 0 Å². The summed E-state index contributed by atoms with van der Waals surface area (Å²) in [7, 11) is 3.19. The summed E-state index contributed by atoms with van der Waals surface area (Å²) in [5.41, 5.74) is 2.30. The standard InChI is InChI=1S/C20H17NO5/c1-21(10-22)20-14(12-4-6-17(24-2)16(23)7-12)5-3-13-8-18-19(9-15(13)20)26-11-25-18/h3-10,23H,11H2,1-2H3. The van der Waals surface area contributed by atoms with Crippen molar-refractivity contribution in [3.63, 3.8) is 0 Å². The Balaban J connectivity index is 1.98. The lowest BCUT2D eigenvalue weighted by Gasteiger charge is -2.20. The van der Waals surface area contributed by atoms with Crippen molar-refractivity contribution in [3.05, 3.63) is 42.5 Å². The molecular weight excluding hydrogens is 334 g/mol. The molecule has 1 heterocycles. The Kier molecular flexibility index (Phi) is 3.80. The van der Waals surface area contributed by atoms with E-state index in [-0.39, 0.29) is 12.5 Å². The number of hydrogen-bond donors (Lipinski definition) is 1. The molecule has 0 aliphatic carbocycles. The van der Waals surface area contributed by atoms with Crippen LogP contribution in [0.2, 0.25) is 0 Å². The van der Waals surface area contributed by atoms with Crippen molar-refractivity contribution in [1.29, 1.82) is 0 Å². The van der Waals surface area contributed by atoms with Crippen LogP contribution in [0, 0.1) is 0 Å². The molecule has 0 fully saturated rings. The third kappa shape index (κ3) is 2.47. The molecule has 0 saturated heterocycles. The number of amides is 1. The Bertz CT molecular complexity index is 1010. The number of nitrogens with zero attached hydrogens (tertiary/aromatic N) is 1. The van der Waals surface area contributed by atoms with E-state index in [0.717, 1.165) is 34.0 Å². The fraction of sp³-hybridized carbons (Fsp3) is 0.150. The molecule has 1 N–H and O–H groups in total. The smallest absolute Gasteiger partial charge is 0.231 e. The summed E-state index contributed by atoms with van der Waals surface area (Å²) in [4.78, 5) is 13.0. The average Bonchev–Trinajstić information content (AvgIpc) is 3.12. The maximum atomic E-state index is 11.5. The van der Waals surface area contributed by atoms with Crippen LogP contribution in [0.3, 0.4) is 0 Å². The van der Waals surface area contributed by atoms with Crippen molar-refractivity contribution in [2.45, 2.75) is 0 Å². The molecule has 3 aromatic rings. The molecule has 0 radical (unpaired) electrons. The van der Waals surface area contributed by atoms with E-state index in [1.165, 1.54) is 12.0 Å². The van der Waals surface area contributed by atoms with Gasteiger partial charge in [-0.2, -0.15) is 0 Å². The summed E-state index contributed by atoms with van der Waals surface area (Å²) in [6, 6.07) is 12.8. The van der Waals surface area contributed by atoms with Gasteiger partial charge in [-0.1, -0.05) is 18.2 Å². The molecule has 26 heavy (non-hydrogen) atoms. The molecule has 0 unspecified atom stereocenters. The predicted octanol–water partition coefficient (Wildman–Crippen LogP) is 3.54. The zero-order valence-corrected chi connectivity index (χ0v) is 14.4. The van der Waals surface area contributed by atoms with Crippen LogP contribution in [0.5, 0.6) is 23.0 Å². The predicted molar refractivity (Wildman–Crippen MR) is 98.2 cm³/mol. The molecule has 6 nitrogen and oxygen atoms in total. The van der Waals surface area contributed by atoms with Gasteiger partial charge in [0.25, 0.3) is 0 Å². The molecule has 4 rings (SSSR count). The van der Waals surface area contributed by atoms with Gasteiger partial charge in [-0.05, 0) is 35.2 Å². The molecule has 0 aromatic heterocycles. The highest BCUT2D eigenvalue weighted by atomic mass is 16.7. The van der Waals surface area contributed by atoms with Crippen LogP contribution in [-0.2, 0) is 4.79 Å². The van der Waals surface area contributed by atoms with E-state index in [2.05, 4.69) is 0 Å². The van der Waals surface area contributed by atoms with Gasteiger partial charge in [0.2, 0.25) is 13.2 Å². The highest BCUT2D eigenvalue weighted by Gasteiger charge is 2.20. The van der Waals surface area contributed by atoms with Gasteiger partial charge in [-0.3, -0.25) is 4.79 Å². The number of anilines is 1. The van der Waals surface area contributed by atoms with Crippen LogP contribution in [0.1, 0.15) is 0 Å². The van der Waals surface area contributed by atoms with Crippen molar-refractivity contribution >= 4 is 22.9 Å². The van der Waals surface area contributed by atoms with Crippen LogP contribution >= 0.6 is 0 Å². The fourth-order valence-corrected chi connectivity index (χ4v) is 3.22. The normalized spacial score (nSPS) is 12.2. The number of hydrogen-bond acceptors (Lipinski definition) is 5. The molecule has 3 aromatic carbocycles. The maximum absolute atomic E-state index is 11.5. The maximum Gasteiger partial charge on any atom is 0.231 e. The number of rotatable bonds is 4. The third-order valence-corrected chi connectivity index (χ3v) is 4.49. The molecular formula is C20H17NO5. The zero-order valence-electron chi connectivity index (χ0n) is 14.4. The molecule has 6 heteroatoms. The van der Waals surface area contributed by atoms with Crippen LogP contribution in [0.15, 0.2) is 42.5 Å². The van der Waals surface area contributed by atoms with Gasteiger partial charge in [0, 0.05) is 18.0 Å². The van der Waals surface area contributed by atoms with Crippen LogP contribution in [0.4, 0.5) is 5.69 Å². The zero-order chi connectivity index (χ0) is 18.3. The summed E-state index contributed by atoms with van der Waals surface area (Å²) >= 11 is 0. The molecule has 1 aliphatic heterocycles.